The number of carboxylic acid groups (broad SMARTS) is 1. The Morgan fingerprint density at radius 3 is 2.05 bits per heavy atom. The summed E-state index contributed by atoms with van der Waals surface area (Å²) in [6.07, 6.45) is -4.47. The third-order valence-corrected chi connectivity index (χ3v) is 2.72. The van der Waals surface area contributed by atoms with Gasteiger partial charge in [0.15, 0.2) is 0 Å². The smallest absolute Gasteiger partial charge is 0.416 e. The molecule has 0 radical (unpaired) electrons. The number of halogens is 3. The first kappa shape index (κ1) is 15.0. The molecule has 1 amide bonds. The lowest BCUT2D eigenvalue weighted by Crippen LogP contribution is -2.40. The first-order valence-corrected chi connectivity index (χ1v) is 5.32. The Labute approximate surface area is 107 Å². The summed E-state index contributed by atoms with van der Waals surface area (Å²) >= 11 is 0. The molecule has 1 N–H and O–H groups in total. The van der Waals surface area contributed by atoms with E-state index in [0.717, 1.165) is 29.2 Å². The van der Waals surface area contributed by atoms with Crippen LogP contribution in [-0.2, 0) is 11.0 Å². The van der Waals surface area contributed by atoms with E-state index in [0.29, 0.717) is 0 Å². The molecular weight excluding hydrogens is 263 g/mol. The minimum absolute atomic E-state index is 0.00333. The Morgan fingerprint density at radius 1 is 1.21 bits per heavy atom. The molecule has 1 rings (SSSR count). The first-order valence-electron chi connectivity index (χ1n) is 5.32. The molecule has 0 spiro atoms. The molecule has 19 heavy (non-hydrogen) atoms. The predicted molar refractivity (Wildman–Crippen MR) is 60.6 cm³/mol. The number of likely N-dealkylation sites (N-methyl/N-ethyl adjacent to an activating group) is 1. The molecule has 1 aromatic carbocycles. The molecule has 1 atom stereocenters. The highest BCUT2D eigenvalue weighted by atomic mass is 19.4. The van der Waals surface area contributed by atoms with Gasteiger partial charge in [-0.3, -0.25) is 4.79 Å². The summed E-state index contributed by atoms with van der Waals surface area (Å²) in [5.41, 5.74) is -0.860. The monoisotopic (exact) mass is 275 g/mol. The molecule has 0 aliphatic carbocycles. The van der Waals surface area contributed by atoms with E-state index < -0.39 is 29.7 Å². The van der Waals surface area contributed by atoms with Gasteiger partial charge in [0.2, 0.25) is 0 Å². The Morgan fingerprint density at radius 2 is 1.68 bits per heavy atom. The van der Waals surface area contributed by atoms with Gasteiger partial charge in [-0.1, -0.05) is 0 Å². The number of rotatable bonds is 3. The maximum absolute atomic E-state index is 12.3. The van der Waals surface area contributed by atoms with Crippen LogP contribution in [0.3, 0.4) is 0 Å². The van der Waals surface area contributed by atoms with Crippen LogP contribution in [0.25, 0.3) is 0 Å². The van der Waals surface area contributed by atoms with Crippen LogP contribution < -0.4 is 0 Å². The van der Waals surface area contributed by atoms with Crippen LogP contribution in [0.15, 0.2) is 24.3 Å². The average molecular weight is 275 g/mol. The van der Waals surface area contributed by atoms with Gasteiger partial charge in [-0.05, 0) is 31.2 Å². The second-order valence-corrected chi connectivity index (χ2v) is 4.01. The summed E-state index contributed by atoms with van der Waals surface area (Å²) in [7, 11) is 1.28. The van der Waals surface area contributed by atoms with E-state index in [-0.39, 0.29) is 5.56 Å². The Bertz CT molecular complexity index is 482. The van der Waals surface area contributed by atoms with Crippen LogP contribution in [0.1, 0.15) is 22.8 Å². The Balaban J connectivity index is 2.93. The zero-order valence-electron chi connectivity index (χ0n) is 10.2. The fourth-order valence-corrected chi connectivity index (χ4v) is 1.35. The highest BCUT2D eigenvalue weighted by molar-refractivity contribution is 5.96. The largest absolute Gasteiger partial charge is 0.480 e. The topological polar surface area (TPSA) is 57.6 Å². The number of carboxylic acids is 1. The molecule has 0 aromatic heterocycles. The lowest BCUT2D eigenvalue weighted by atomic mass is 10.1. The standard InChI is InChI=1S/C12H12F3NO3/c1-7(11(18)19)16(2)10(17)8-3-5-9(6-4-8)12(13,14)15/h3-7H,1-2H3,(H,18,19). The number of amides is 1. The van der Waals surface area contributed by atoms with Crippen LogP contribution in [0.2, 0.25) is 0 Å². The maximum Gasteiger partial charge on any atom is 0.416 e. The molecule has 4 nitrogen and oxygen atoms in total. The van der Waals surface area contributed by atoms with Gasteiger partial charge in [0, 0.05) is 12.6 Å². The van der Waals surface area contributed by atoms with Gasteiger partial charge >= 0.3 is 12.1 Å². The summed E-state index contributed by atoms with van der Waals surface area (Å²) in [4.78, 5) is 23.5. The molecule has 104 valence electrons. The van der Waals surface area contributed by atoms with E-state index in [9.17, 15) is 22.8 Å². The fourth-order valence-electron chi connectivity index (χ4n) is 1.35. The van der Waals surface area contributed by atoms with Gasteiger partial charge in [0.05, 0.1) is 5.56 Å². The van der Waals surface area contributed by atoms with E-state index in [2.05, 4.69) is 0 Å². The Hall–Kier alpha value is -2.05. The van der Waals surface area contributed by atoms with Crippen molar-refractivity contribution in [2.24, 2.45) is 0 Å². The summed E-state index contributed by atoms with van der Waals surface area (Å²) in [5, 5.41) is 8.76. The number of carbonyl (C=O) groups is 2. The van der Waals surface area contributed by atoms with Crippen molar-refractivity contribution in [2.75, 3.05) is 7.05 Å². The fraction of sp³-hybridized carbons (Fsp3) is 0.333. The lowest BCUT2D eigenvalue weighted by Gasteiger charge is -2.21. The summed E-state index contributed by atoms with van der Waals surface area (Å²) in [6, 6.07) is 2.56. The van der Waals surface area contributed by atoms with Gasteiger partial charge in [0.25, 0.3) is 5.91 Å². The van der Waals surface area contributed by atoms with Gasteiger partial charge in [0.1, 0.15) is 6.04 Å². The molecule has 0 fully saturated rings. The number of carbonyl (C=O) groups excluding carboxylic acids is 1. The highest BCUT2D eigenvalue weighted by Crippen LogP contribution is 2.29. The van der Waals surface area contributed by atoms with Crippen molar-refractivity contribution in [3.63, 3.8) is 0 Å². The van der Waals surface area contributed by atoms with E-state index >= 15 is 0 Å². The van der Waals surface area contributed by atoms with Crippen LogP contribution in [0.4, 0.5) is 13.2 Å². The molecule has 0 saturated carbocycles. The maximum atomic E-state index is 12.3. The molecule has 0 aliphatic rings. The molecule has 0 heterocycles. The van der Waals surface area contributed by atoms with Gasteiger partial charge in [-0.15, -0.1) is 0 Å². The number of nitrogens with zero attached hydrogens (tertiary/aromatic N) is 1. The zero-order chi connectivity index (χ0) is 14.8. The summed E-state index contributed by atoms with van der Waals surface area (Å²) < 4.78 is 37.0. The van der Waals surface area contributed by atoms with E-state index in [1.807, 2.05) is 0 Å². The van der Waals surface area contributed by atoms with Crippen molar-refractivity contribution < 1.29 is 27.9 Å². The van der Waals surface area contributed by atoms with Crippen molar-refractivity contribution in [3.8, 4) is 0 Å². The van der Waals surface area contributed by atoms with E-state index in [4.69, 9.17) is 5.11 Å². The highest BCUT2D eigenvalue weighted by Gasteiger charge is 2.30. The van der Waals surface area contributed by atoms with Crippen molar-refractivity contribution in [1.29, 1.82) is 0 Å². The molecule has 0 bridgehead atoms. The quantitative estimate of drug-likeness (QED) is 0.920. The molecule has 0 aliphatic heterocycles. The third kappa shape index (κ3) is 3.46. The molecule has 7 heteroatoms. The Kier molecular flexibility index (Phi) is 4.18. The predicted octanol–water partition coefficient (Wildman–Crippen LogP) is 2.25. The number of aliphatic carboxylic acids is 1. The van der Waals surface area contributed by atoms with Gasteiger partial charge in [-0.25, -0.2) is 4.79 Å². The number of benzene rings is 1. The van der Waals surface area contributed by atoms with Gasteiger partial charge < -0.3 is 10.0 Å². The molecule has 0 saturated heterocycles. The zero-order valence-corrected chi connectivity index (χ0v) is 10.2. The van der Waals surface area contributed by atoms with Crippen LogP contribution in [0, 0.1) is 0 Å². The number of alkyl halides is 3. The van der Waals surface area contributed by atoms with Crippen molar-refractivity contribution in [3.05, 3.63) is 35.4 Å². The minimum atomic E-state index is -4.47. The second kappa shape index (κ2) is 5.29. The first-order chi connectivity index (χ1) is 8.64. The lowest BCUT2D eigenvalue weighted by molar-refractivity contribution is -0.141. The summed E-state index contributed by atoms with van der Waals surface area (Å²) in [6.45, 7) is 1.31. The van der Waals surface area contributed by atoms with Crippen molar-refractivity contribution in [2.45, 2.75) is 19.1 Å². The average Bonchev–Trinajstić information content (AvgIpc) is 2.35. The number of hydrogen-bond acceptors (Lipinski definition) is 2. The van der Waals surface area contributed by atoms with Gasteiger partial charge in [-0.2, -0.15) is 13.2 Å². The minimum Gasteiger partial charge on any atom is -0.480 e. The summed E-state index contributed by atoms with van der Waals surface area (Å²) in [5.74, 6) is -1.84. The van der Waals surface area contributed by atoms with Crippen LogP contribution in [-0.4, -0.2) is 35.0 Å². The van der Waals surface area contributed by atoms with Crippen LogP contribution in [0.5, 0.6) is 0 Å². The SMILES string of the molecule is CC(C(=O)O)N(C)C(=O)c1ccc(C(F)(F)F)cc1. The molecule has 1 aromatic rings. The third-order valence-electron chi connectivity index (χ3n) is 2.72. The van der Waals surface area contributed by atoms with Crippen molar-refractivity contribution in [1.82, 2.24) is 4.90 Å². The normalized spacial score (nSPS) is 12.9. The molecule has 1 unspecified atom stereocenters. The second-order valence-electron chi connectivity index (χ2n) is 4.01. The molecular formula is C12H12F3NO3. The van der Waals surface area contributed by atoms with E-state index in [1.54, 1.807) is 0 Å². The number of hydrogen-bond donors (Lipinski definition) is 1. The van der Waals surface area contributed by atoms with E-state index in [1.165, 1.54) is 14.0 Å². The van der Waals surface area contributed by atoms with Crippen molar-refractivity contribution >= 4 is 11.9 Å². The van der Waals surface area contributed by atoms with Crippen LogP contribution >= 0.6 is 0 Å².